The van der Waals surface area contributed by atoms with E-state index in [4.69, 9.17) is 16.8 Å². The Bertz CT molecular complexity index is 751. The van der Waals surface area contributed by atoms with Gasteiger partial charge in [0, 0.05) is 6.20 Å². The third kappa shape index (κ3) is 4.27. The maximum atomic E-state index is 12.0. The summed E-state index contributed by atoms with van der Waals surface area (Å²) in [7, 11) is 0. The number of carboxylic acid groups (broad SMARTS) is 1. The lowest BCUT2D eigenvalue weighted by atomic mass is 10.2. The number of carbonyl (C=O) groups is 2. The quantitative estimate of drug-likeness (QED) is 0.234. The number of anilines is 1. The Morgan fingerprint density at radius 1 is 1.25 bits per heavy atom. The second-order valence-corrected chi connectivity index (χ2v) is 5.38. The lowest BCUT2D eigenvalue weighted by Crippen LogP contribution is -2.37. The third-order valence-electron chi connectivity index (χ3n) is 2.91. The van der Waals surface area contributed by atoms with Crippen LogP contribution in [0.15, 0.2) is 48.0 Å². The van der Waals surface area contributed by atoms with E-state index in [1.54, 1.807) is 0 Å². The molecule has 0 aliphatic heterocycles. The van der Waals surface area contributed by atoms with Crippen molar-refractivity contribution in [2.24, 2.45) is 16.8 Å². The Balaban J connectivity index is 2.03. The highest BCUT2D eigenvalue weighted by molar-refractivity contribution is 8.14. The van der Waals surface area contributed by atoms with Gasteiger partial charge >= 0.3 is 5.97 Å². The standard InChI is InChI=1S/C14H14N6O3S/c15-19-14(24-7-12(21)11-5-6-17-8-18-11)20(16)10-3-1-9(2-4-10)13(22)23/h1-6,8H,7,15-16H2,(H,22,23)/b19-14+. The van der Waals surface area contributed by atoms with Crippen molar-refractivity contribution in [2.45, 2.75) is 0 Å². The molecule has 24 heavy (non-hydrogen) atoms. The number of rotatable bonds is 5. The zero-order chi connectivity index (χ0) is 17.5. The molecule has 2 rings (SSSR count). The molecule has 124 valence electrons. The Hall–Kier alpha value is -2.98. The minimum atomic E-state index is -1.04. The van der Waals surface area contributed by atoms with Gasteiger partial charge in [-0.3, -0.25) is 9.80 Å². The first-order valence-electron chi connectivity index (χ1n) is 6.61. The monoisotopic (exact) mass is 346 g/mol. The normalized spacial score (nSPS) is 11.1. The van der Waals surface area contributed by atoms with Gasteiger partial charge in [0.15, 0.2) is 5.78 Å². The van der Waals surface area contributed by atoms with Crippen LogP contribution < -0.4 is 16.7 Å². The highest BCUT2D eigenvalue weighted by Crippen LogP contribution is 2.18. The minimum Gasteiger partial charge on any atom is -0.478 e. The van der Waals surface area contributed by atoms with Crippen LogP contribution in [-0.2, 0) is 0 Å². The van der Waals surface area contributed by atoms with Crippen molar-refractivity contribution in [3.05, 3.63) is 54.1 Å². The lowest BCUT2D eigenvalue weighted by molar-refractivity contribution is 0.0696. The predicted molar refractivity (Wildman–Crippen MR) is 90.5 cm³/mol. The van der Waals surface area contributed by atoms with Gasteiger partial charge in [-0.05, 0) is 30.3 Å². The number of hydrogen-bond donors (Lipinski definition) is 3. The van der Waals surface area contributed by atoms with Gasteiger partial charge in [0.1, 0.15) is 12.0 Å². The van der Waals surface area contributed by atoms with E-state index in [-0.39, 0.29) is 28.0 Å². The number of hydrogen-bond acceptors (Lipinski definition) is 8. The number of ketones is 1. The molecule has 2 aromatic rings. The number of thioether (sulfide) groups is 1. The third-order valence-corrected chi connectivity index (χ3v) is 3.88. The topological polar surface area (TPSA) is 148 Å². The highest BCUT2D eigenvalue weighted by Gasteiger charge is 2.15. The number of carbonyl (C=O) groups excluding carboxylic acids is 1. The molecular formula is C14H14N6O3S. The molecule has 9 nitrogen and oxygen atoms in total. The maximum absolute atomic E-state index is 12.0. The summed E-state index contributed by atoms with van der Waals surface area (Å²) in [5.74, 6) is 10.0. The average Bonchev–Trinajstić information content (AvgIpc) is 2.62. The fourth-order valence-electron chi connectivity index (χ4n) is 1.70. The Labute approximate surface area is 141 Å². The van der Waals surface area contributed by atoms with Crippen LogP contribution in [0.25, 0.3) is 0 Å². The van der Waals surface area contributed by atoms with Crippen LogP contribution in [0.4, 0.5) is 5.69 Å². The predicted octanol–water partition coefficient (Wildman–Crippen LogP) is 0.701. The summed E-state index contributed by atoms with van der Waals surface area (Å²) < 4.78 is 0. The number of carboxylic acids is 1. The van der Waals surface area contributed by atoms with Crippen LogP contribution in [0.1, 0.15) is 20.8 Å². The van der Waals surface area contributed by atoms with E-state index in [1.165, 1.54) is 47.9 Å². The number of hydrazine groups is 1. The number of benzene rings is 1. The molecule has 0 spiro atoms. The van der Waals surface area contributed by atoms with E-state index in [0.717, 1.165) is 11.8 Å². The van der Waals surface area contributed by atoms with Crippen LogP contribution in [0.3, 0.4) is 0 Å². The molecule has 10 heteroatoms. The van der Waals surface area contributed by atoms with Gasteiger partial charge in [0.25, 0.3) is 0 Å². The molecule has 0 saturated heterocycles. The largest absolute Gasteiger partial charge is 0.478 e. The van der Waals surface area contributed by atoms with Crippen molar-refractivity contribution in [3.63, 3.8) is 0 Å². The summed E-state index contributed by atoms with van der Waals surface area (Å²) in [5.41, 5.74) is 0.888. The molecular weight excluding hydrogens is 332 g/mol. The number of aromatic nitrogens is 2. The van der Waals surface area contributed by atoms with Crippen LogP contribution in [-0.4, -0.2) is 37.7 Å². The van der Waals surface area contributed by atoms with Gasteiger partial charge in [0.05, 0.1) is 17.0 Å². The molecule has 0 amide bonds. The first kappa shape index (κ1) is 17.4. The first-order valence-corrected chi connectivity index (χ1v) is 7.59. The first-order chi connectivity index (χ1) is 11.5. The van der Waals surface area contributed by atoms with Crippen molar-refractivity contribution in [3.8, 4) is 0 Å². The van der Waals surface area contributed by atoms with Gasteiger partial charge in [-0.1, -0.05) is 11.8 Å². The molecule has 1 heterocycles. The summed E-state index contributed by atoms with van der Waals surface area (Å²) in [6, 6.07) is 7.35. The summed E-state index contributed by atoms with van der Waals surface area (Å²) in [6.45, 7) is 0. The zero-order valence-corrected chi connectivity index (χ0v) is 13.2. The van der Waals surface area contributed by atoms with Crippen LogP contribution in [0.5, 0.6) is 0 Å². The Kier molecular flexibility index (Phi) is 5.82. The fraction of sp³-hybridized carbons (Fsp3) is 0.0714. The highest BCUT2D eigenvalue weighted by atomic mass is 32.2. The van der Waals surface area contributed by atoms with Crippen molar-refractivity contribution >= 4 is 34.4 Å². The van der Waals surface area contributed by atoms with Crippen molar-refractivity contribution in [1.29, 1.82) is 0 Å². The van der Waals surface area contributed by atoms with Gasteiger partial charge in [-0.2, -0.15) is 5.10 Å². The van der Waals surface area contributed by atoms with E-state index >= 15 is 0 Å². The smallest absolute Gasteiger partial charge is 0.335 e. The zero-order valence-electron chi connectivity index (χ0n) is 12.4. The molecule has 1 aromatic heterocycles. The molecule has 1 aromatic carbocycles. The van der Waals surface area contributed by atoms with Crippen LogP contribution in [0, 0.1) is 0 Å². The number of hydrazone groups is 1. The van der Waals surface area contributed by atoms with Gasteiger partial charge in [-0.15, -0.1) is 0 Å². The molecule has 0 radical (unpaired) electrons. The van der Waals surface area contributed by atoms with E-state index in [2.05, 4.69) is 15.1 Å². The van der Waals surface area contributed by atoms with Crippen LogP contribution in [0.2, 0.25) is 0 Å². The number of nitrogens with two attached hydrogens (primary N) is 2. The molecule has 5 N–H and O–H groups in total. The van der Waals surface area contributed by atoms with Crippen LogP contribution >= 0.6 is 11.8 Å². The SMILES string of the molecule is N/N=C(/SCC(=O)c1ccncn1)N(N)c1ccc(C(=O)O)cc1. The fourth-order valence-corrected chi connectivity index (χ4v) is 2.43. The van der Waals surface area contributed by atoms with Gasteiger partial charge in [-0.25, -0.2) is 20.6 Å². The Morgan fingerprint density at radius 2 is 1.96 bits per heavy atom. The van der Waals surface area contributed by atoms with Crippen molar-refractivity contribution in [2.75, 3.05) is 10.8 Å². The number of nitrogens with zero attached hydrogens (tertiary/aromatic N) is 4. The van der Waals surface area contributed by atoms with Gasteiger partial charge in [0.2, 0.25) is 5.17 Å². The van der Waals surface area contributed by atoms with E-state index in [1.807, 2.05) is 0 Å². The van der Waals surface area contributed by atoms with Gasteiger partial charge < -0.3 is 10.9 Å². The Morgan fingerprint density at radius 3 is 2.50 bits per heavy atom. The lowest BCUT2D eigenvalue weighted by Gasteiger charge is -2.19. The van der Waals surface area contributed by atoms with E-state index in [9.17, 15) is 9.59 Å². The molecule has 0 atom stereocenters. The molecule has 0 saturated carbocycles. The van der Waals surface area contributed by atoms with Crippen molar-refractivity contribution < 1.29 is 14.7 Å². The summed E-state index contributed by atoms with van der Waals surface area (Å²) in [6.07, 6.45) is 2.76. The van der Waals surface area contributed by atoms with E-state index in [0.29, 0.717) is 5.69 Å². The summed E-state index contributed by atoms with van der Waals surface area (Å²) in [4.78, 5) is 30.5. The van der Waals surface area contributed by atoms with Crippen molar-refractivity contribution in [1.82, 2.24) is 9.97 Å². The number of amidine groups is 1. The maximum Gasteiger partial charge on any atom is 0.335 e. The average molecular weight is 346 g/mol. The minimum absolute atomic E-state index is 0.0357. The van der Waals surface area contributed by atoms with E-state index < -0.39 is 5.97 Å². The molecule has 0 fully saturated rings. The second-order valence-electron chi connectivity index (χ2n) is 4.44. The second kappa shape index (κ2) is 8.04. The molecule has 0 unspecified atom stereocenters. The molecule has 0 aliphatic rings. The molecule has 0 aliphatic carbocycles. The molecule has 0 bridgehead atoms. The number of Topliss-reactive ketones (excluding diaryl/α,β-unsaturated/α-hetero) is 1. The summed E-state index contributed by atoms with van der Waals surface area (Å²) >= 11 is 1.04. The number of aromatic carboxylic acids is 1. The summed E-state index contributed by atoms with van der Waals surface area (Å²) in [5, 5.41) is 13.8.